The summed E-state index contributed by atoms with van der Waals surface area (Å²) in [6.07, 6.45) is 1.86. The van der Waals surface area contributed by atoms with Gasteiger partial charge in [0, 0.05) is 0 Å². The minimum absolute atomic E-state index is 0.0315. The summed E-state index contributed by atoms with van der Waals surface area (Å²) in [5, 5.41) is 11.8. The molecule has 1 amide bonds. The summed E-state index contributed by atoms with van der Waals surface area (Å²) in [7, 11) is 0. The number of amides is 1. The molecule has 0 radical (unpaired) electrons. The van der Waals surface area contributed by atoms with Gasteiger partial charge in [-0.25, -0.2) is 0 Å². The fourth-order valence-corrected chi connectivity index (χ4v) is 1.63. The van der Waals surface area contributed by atoms with Crippen molar-refractivity contribution in [3.63, 3.8) is 0 Å². The first kappa shape index (κ1) is 15.5. The van der Waals surface area contributed by atoms with Gasteiger partial charge in [-0.1, -0.05) is 20.3 Å². The summed E-state index contributed by atoms with van der Waals surface area (Å²) in [6, 6.07) is 2.09. The van der Waals surface area contributed by atoms with Crippen molar-refractivity contribution < 1.29 is 14.3 Å². The van der Waals surface area contributed by atoms with Crippen LogP contribution in [0.5, 0.6) is 0 Å². The minimum Gasteiger partial charge on any atom is -0.452 e. The molecule has 0 unspecified atom stereocenters. The molecule has 1 N–H and O–H groups in total. The summed E-state index contributed by atoms with van der Waals surface area (Å²) in [5.41, 5.74) is -0.950. The van der Waals surface area contributed by atoms with E-state index < -0.39 is 17.6 Å². The molecule has 0 spiro atoms. The van der Waals surface area contributed by atoms with Crippen LogP contribution in [0.15, 0.2) is 0 Å². The van der Waals surface area contributed by atoms with Crippen LogP contribution in [0, 0.1) is 23.2 Å². The van der Waals surface area contributed by atoms with Crippen LogP contribution in [-0.2, 0) is 14.3 Å². The molecule has 19 heavy (non-hydrogen) atoms. The molecule has 1 aliphatic carbocycles. The quantitative estimate of drug-likeness (QED) is 0.769. The first-order chi connectivity index (χ1) is 8.80. The number of nitrogens with one attached hydrogen (secondary N) is 1. The highest BCUT2D eigenvalue weighted by atomic mass is 16.5. The molecule has 0 heterocycles. The van der Waals surface area contributed by atoms with E-state index in [9.17, 15) is 9.59 Å². The fourth-order valence-electron chi connectivity index (χ4n) is 1.63. The third-order valence-corrected chi connectivity index (χ3v) is 3.87. The molecule has 1 rings (SSSR count). The van der Waals surface area contributed by atoms with E-state index in [1.165, 1.54) is 6.92 Å². The number of ether oxygens (including phenoxy) is 1. The molecule has 1 fully saturated rings. The minimum atomic E-state index is -0.950. The first-order valence-corrected chi connectivity index (χ1v) is 6.74. The lowest BCUT2D eigenvalue weighted by molar-refractivity contribution is -0.161. The van der Waals surface area contributed by atoms with Crippen molar-refractivity contribution in [3.05, 3.63) is 0 Å². The lowest BCUT2D eigenvalue weighted by Crippen LogP contribution is -2.52. The Morgan fingerprint density at radius 2 is 1.95 bits per heavy atom. The molecule has 5 nitrogen and oxygen atoms in total. The highest BCUT2D eigenvalue weighted by molar-refractivity contribution is 5.84. The molecular weight excluding hydrogens is 244 g/mol. The maximum atomic E-state index is 11.9. The lowest BCUT2D eigenvalue weighted by Gasteiger charge is -2.29. The van der Waals surface area contributed by atoms with E-state index in [2.05, 4.69) is 11.4 Å². The van der Waals surface area contributed by atoms with E-state index in [1.54, 1.807) is 6.92 Å². The molecule has 0 aromatic heterocycles. The number of nitrogens with zero attached hydrogens (tertiary/aromatic N) is 1. The summed E-state index contributed by atoms with van der Waals surface area (Å²) >= 11 is 0. The van der Waals surface area contributed by atoms with Crippen molar-refractivity contribution >= 4 is 11.9 Å². The maximum absolute atomic E-state index is 11.9. The van der Waals surface area contributed by atoms with Gasteiger partial charge in [-0.2, -0.15) is 5.26 Å². The fraction of sp³-hybridized carbons (Fsp3) is 0.786. The molecule has 0 saturated heterocycles. The maximum Gasteiger partial charge on any atom is 0.309 e. The predicted octanol–water partition coefficient (Wildman–Crippen LogP) is 1.77. The summed E-state index contributed by atoms with van der Waals surface area (Å²) in [6.45, 7) is 6.91. The van der Waals surface area contributed by atoms with Crippen molar-refractivity contribution in [3.8, 4) is 6.07 Å². The van der Waals surface area contributed by atoms with E-state index in [4.69, 9.17) is 10.00 Å². The molecule has 2 atom stereocenters. The molecule has 5 heteroatoms. The third kappa shape index (κ3) is 3.69. The van der Waals surface area contributed by atoms with E-state index in [-0.39, 0.29) is 17.8 Å². The number of rotatable bonds is 5. The van der Waals surface area contributed by atoms with Gasteiger partial charge in [0.25, 0.3) is 5.91 Å². The zero-order valence-corrected chi connectivity index (χ0v) is 12.0. The normalized spacial score (nSPS) is 19.8. The standard InChI is InChI=1S/C14H22N2O3/c1-9(2)14(4,8-15)16-12(17)10(3)19-13(18)11-6-5-7-11/h9-11H,5-7H2,1-4H3,(H,16,17)/t10-,14-/m0/s1. The second kappa shape index (κ2) is 6.05. The van der Waals surface area contributed by atoms with Gasteiger partial charge >= 0.3 is 5.97 Å². The second-order valence-corrected chi connectivity index (χ2v) is 5.67. The monoisotopic (exact) mass is 266 g/mol. The van der Waals surface area contributed by atoms with E-state index in [0.29, 0.717) is 0 Å². The van der Waals surface area contributed by atoms with Crippen LogP contribution in [0.4, 0.5) is 0 Å². The van der Waals surface area contributed by atoms with Gasteiger partial charge in [0.05, 0.1) is 12.0 Å². The van der Waals surface area contributed by atoms with Crippen LogP contribution in [0.2, 0.25) is 0 Å². The Balaban J connectivity index is 2.52. The Bertz CT molecular complexity index is 396. The van der Waals surface area contributed by atoms with Gasteiger partial charge in [0.2, 0.25) is 0 Å². The number of esters is 1. The van der Waals surface area contributed by atoms with E-state index in [1.807, 2.05) is 13.8 Å². The van der Waals surface area contributed by atoms with Crippen molar-refractivity contribution in [2.45, 2.75) is 58.6 Å². The van der Waals surface area contributed by atoms with Gasteiger partial charge in [0.15, 0.2) is 6.10 Å². The third-order valence-electron chi connectivity index (χ3n) is 3.87. The Morgan fingerprint density at radius 3 is 2.32 bits per heavy atom. The van der Waals surface area contributed by atoms with Gasteiger partial charge in [-0.05, 0) is 32.6 Å². The van der Waals surface area contributed by atoms with Gasteiger partial charge in [-0.3, -0.25) is 9.59 Å². The predicted molar refractivity (Wildman–Crippen MR) is 69.9 cm³/mol. The van der Waals surface area contributed by atoms with Crippen molar-refractivity contribution in [1.82, 2.24) is 5.32 Å². The Labute approximate surface area is 114 Å². The molecular formula is C14H22N2O3. The molecule has 0 aromatic carbocycles. The average molecular weight is 266 g/mol. The molecule has 0 bridgehead atoms. The van der Waals surface area contributed by atoms with Crippen LogP contribution in [-0.4, -0.2) is 23.5 Å². The Hall–Kier alpha value is -1.57. The lowest BCUT2D eigenvalue weighted by atomic mass is 9.85. The van der Waals surface area contributed by atoms with Gasteiger partial charge in [-0.15, -0.1) is 0 Å². The second-order valence-electron chi connectivity index (χ2n) is 5.67. The number of hydrogen-bond acceptors (Lipinski definition) is 4. The summed E-state index contributed by atoms with van der Waals surface area (Å²) < 4.78 is 5.13. The van der Waals surface area contributed by atoms with Gasteiger partial charge < -0.3 is 10.1 Å². The zero-order valence-electron chi connectivity index (χ0n) is 12.0. The molecule has 1 aliphatic rings. The Morgan fingerprint density at radius 1 is 1.37 bits per heavy atom. The van der Waals surface area contributed by atoms with E-state index >= 15 is 0 Å². The number of hydrogen-bond donors (Lipinski definition) is 1. The number of nitriles is 1. The summed E-state index contributed by atoms with van der Waals surface area (Å²) in [5.74, 6) is -0.818. The van der Waals surface area contributed by atoms with Crippen LogP contribution < -0.4 is 5.32 Å². The van der Waals surface area contributed by atoms with Crippen LogP contribution in [0.3, 0.4) is 0 Å². The van der Waals surface area contributed by atoms with Crippen LogP contribution >= 0.6 is 0 Å². The first-order valence-electron chi connectivity index (χ1n) is 6.74. The van der Waals surface area contributed by atoms with Gasteiger partial charge in [0.1, 0.15) is 5.54 Å². The number of carbonyl (C=O) groups is 2. The highest BCUT2D eigenvalue weighted by Crippen LogP contribution is 2.27. The number of carbonyl (C=O) groups excluding carboxylic acids is 2. The summed E-state index contributed by atoms with van der Waals surface area (Å²) in [4.78, 5) is 23.6. The van der Waals surface area contributed by atoms with Crippen molar-refractivity contribution in [2.24, 2.45) is 11.8 Å². The molecule has 1 saturated carbocycles. The highest BCUT2D eigenvalue weighted by Gasteiger charge is 2.34. The van der Waals surface area contributed by atoms with Crippen molar-refractivity contribution in [2.75, 3.05) is 0 Å². The smallest absolute Gasteiger partial charge is 0.309 e. The zero-order chi connectivity index (χ0) is 14.6. The topological polar surface area (TPSA) is 79.2 Å². The van der Waals surface area contributed by atoms with E-state index in [0.717, 1.165) is 19.3 Å². The molecule has 0 aliphatic heterocycles. The molecule has 106 valence electrons. The Kier molecular flexibility index (Phi) is 4.93. The average Bonchev–Trinajstić information content (AvgIpc) is 2.25. The van der Waals surface area contributed by atoms with Crippen LogP contribution in [0.1, 0.15) is 47.0 Å². The molecule has 0 aromatic rings. The SMILES string of the molecule is CC(C)[C@](C)(C#N)NC(=O)[C@H](C)OC(=O)C1CCC1. The van der Waals surface area contributed by atoms with Crippen LogP contribution in [0.25, 0.3) is 0 Å². The van der Waals surface area contributed by atoms with Crippen molar-refractivity contribution in [1.29, 1.82) is 5.26 Å². The largest absolute Gasteiger partial charge is 0.452 e.